The van der Waals surface area contributed by atoms with Gasteiger partial charge in [-0.05, 0) is 105 Å². The molecule has 0 spiro atoms. The summed E-state index contributed by atoms with van der Waals surface area (Å²) in [4.78, 5) is 10.1. The van der Waals surface area contributed by atoms with Gasteiger partial charge in [0.15, 0.2) is 0 Å². The Bertz CT molecular complexity index is 2830. The predicted molar refractivity (Wildman–Crippen MR) is 229 cm³/mol. The number of aromatic nitrogens is 3. The number of aromatic hydroxyl groups is 1. The molecule has 0 fully saturated rings. The molecular formula is C50H47F2N3O2. The third-order valence-corrected chi connectivity index (χ3v) is 10.8. The van der Waals surface area contributed by atoms with E-state index in [0.717, 1.165) is 39.1 Å². The van der Waals surface area contributed by atoms with Gasteiger partial charge in [0, 0.05) is 26.4 Å². The lowest BCUT2D eigenvalue weighted by Gasteiger charge is -2.23. The highest BCUT2D eigenvalue weighted by Crippen LogP contribution is 2.45. The monoisotopic (exact) mass is 761 g/mol. The zero-order valence-corrected chi connectivity index (χ0v) is 33.2. The second-order valence-corrected chi connectivity index (χ2v) is 16.3. The first-order valence-electron chi connectivity index (χ1n) is 20.4. The molecule has 0 aliphatic heterocycles. The molecule has 0 saturated heterocycles. The molecule has 57 heavy (non-hydrogen) atoms. The zero-order valence-electron chi connectivity index (χ0n) is 35.2. The van der Waals surface area contributed by atoms with E-state index in [2.05, 4.69) is 66.7 Å². The number of phenols is 1. The predicted octanol–water partition coefficient (Wildman–Crippen LogP) is 13.9. The molecule has 5 nitrogen and oxygen atoms in total. The molecule has 5 aromatic carbocycles. The number of nitrogens with zero attached hydrogens (tertiary/aromatic N) is 3. The van der Waals surface area contributed by atoms with Crippen molar-refractivity contribution in [2.75, 3.05) is 0 Å². The average Bonchev–Trinajstić information content (AvgIpc) is 3.86. The zero-order chi connectivity index (χ0) is 42.0. The van der Waals surface area contributed by atoms with Crippen LogP contribution in [-0.4, -0.2) is 26.1 Å². The van der Waals surface area contributed by atoms with Crippen LogP contribution in [0.1, 0.15) is 85.3 Å². The molecule has 0 atom stereocenters. The smallest absolute Gasteiger partial charge is 0.242 e. The van der Waals surface area contributed by atoms with Crippen molar-refractivity contribution < 1.29 is 21.0 Å². The Hall–Kier alpha value is -6.08. The first kappa shape index (κ1) is 35.3. The fourth-order valence-electron chi connectivity index (χ4n) is 7.81. The van der Waals surface area contributed by atoms with Gasteiger partial charge in [-0.1, -0.05) is 109 Å². The standard InChI is InChI=1S/C50H47F2N3O2/c1-29(2)37-14-11-15-38(30(3)4)47(37)55-42-18-16-33(28-44(51)52)45(46(42)54-49(55)40-17-19-43-39(48(40)56)21-23-57-43)35-24-34(25-36(26-35)50(5,6)7)41-27-32(20-22-53-41)31-12-9-8-10-13-31/h8-27,29-30,44,56H,28H2,1-7H3/i28D2. The number of hydrogen-bond donors (Lipinski definition) is 1. The maximum atomic E-state index is 15.0. The second-order valence-electron chi connectivity index (χ2n) is 16.3. The van der Waals surface area contributed by atoms with Gasteiger partial charge in [-0.2, -0.15) is 0 Å². The van der Waals surface area contributed by atoms with Crippen molar-refractivity contribution in [2.45, 2.75) is 78.5 Å². The van der Waals surface area contributed by atoms with E-state index in [1.807, 2.05) is 65.2 Å². The number of benzene rings is 5. The van der Waals surface area contributed by atoms with Gasteiger partial charge in [-0.25, -0.2) is 13.8 Å². The van der Waals surface area contributed by atoms with Gasteiger partial charge < -0.3 is 9.52 Å². The summed E-state index contributed by atoms with van der Waals surface area (Å²) in [6.07, 6.45) is -3.11. The number of imidazole rings is 1. The van der Waals surface area contributed by atoms with Crippen LogP contribution in [-0.2, 0) is 11.8 Å². The fraction of sp³-hybridized carbons (Fsp3) is 0.240. The van der Waals surface area contributed by atoms with E-state index in [9.17, 15) is 5.11 Å². The summed E-state index contributed by atoms with van der Waals surface area (Å²) >= 11 is 0. The summed E-state index contributed by atoms with van der Waals surface area (Å²) in [5, 5.41) is 12.4. The average molecular weight is 762 g/mol. The van der Waals surface area contributed by atoms with E-state index in [0.29, 0.717) is 44.6 Å². The minimum atomic E-state index is -3.34. The Balaban J connectivity index is 1.52. The lowest BCUT2D eigenvalue weighted by Crippen LogP contribution is -2.11. The van der Waals surface area contributed by atoms with Gasteiger partial charge in [-0.3, -0.25) is 9.55 Å². The second kappa shape index (κ2) is 14.8. The highest BCUT2D eigenvalue weighted by atomic mass is 19.3. The number of alkyl halides is 2. The largest absolute Gasteiger partial charge is 0.506 e. The molecule has 0 unspecified atom stereocenters. The van der Waals surface area contributed by atoms with Gasteiger partial charge in [0.1, 0.15) is 17.2 Å². The van der Waals surface area contributed by atoms with E-state index < -0.39 is 18.2 Å². The number of pyridine rings is 1. The normalized spacial score (nSPS) is 13.0. The lowest BCUT2D eigenvalue weighted by molar-refractivity contribution is 0.149. The Morgan fingerprint density at radius 3 is 2.18 bits per heavy atom. The van der Waals surface area contributed by atoms with E-state index in [1.165, 1.54) is 12.3 Å². The summed E-state index contributed by atoms with van der Waals surface area (Å²) in [7, 11) is 0. The molecule has 0 aliphatic carbocycles. The minimum Gasteiger partial charge on any atom is -0.506 e. The molecule has 3 heterocycles. The van der Waals surface area contributed by atoms with Crippen LogP contribution in [0, 0.1) is 0 Å². The van der Waals surface area contributed by atoms with E-state index in [1.54, 1.807) is 30.5 Å². The van der Waals surface area contributed by atoms with Gasteiger partial charge in [0.2, 0.25) is 6.43 Å². The SMILES string of the molecule is [2H]C([2H])(c1ccc2c(nc(-c3ccc4occc4c3O)n2-c2c(C(C)C)cccc2C(C)C)c1-c1cc(-c2cc(-c3ccccc3)ccn2)cc(C(C)(C)C)c1)C(F)F. The van der Waals surface area contributed by atoms with Crippen molar-refractivity contribution in [2.24, 2.45) is 0 Å². The molecule has 1 N–H and O–H groups in total. The molecule has 0 saturated carbocycles. The van der Waals surface area contributed by atoms with Crippen molar-refractivity contribution in [3.63, 3.8) is 0 Å². The molecule has 0 amide bonds. The van der Waals surface area contributed by atoms with Crippen molar-refractivity contribution in [1.29, 1.82) is 0 Å². The Kier molecular flexibility index (Phi) is 9.16. The minimum absolute atomic E-state index is 0.0352. The van der Waals surface area contributed by atoms with Crippen LogP contribution in [0.4, 0.5) is 8.78 Å². The Morgan fingerprint density at radius 1 is 0.772 bits per heavy atom. The Morgan fingerprint density at radius 2 is 1.49 bits per heavy atom. The molecule has 7 heteroatoms. The third-order valence-electron chi connectivity index (χ3n) is 10.8. The van der Waals surface area contributed by atoms with Crippen LogP contribution >= 0.6 is 0 Å². The third kappa shape index (κ3) is 7.01. The van der Waals surface area contributed by atoms with Gasteiger partial charge >= 0.3 is 0 Å². The van der Waals surface area contributed by atoms with Crippen LogP contribution in [0.15, 0.2) is 126 Å². The van der Waals surface area contributed by atoms with Crippen molar-refractivity contribution >= 4 is 22.0 Å². The molecule has 288 valence electrons. The van der Waals surface area contributed by atoms with E-state index in [4.69, 9.17) is 17.1 Å². The van der Waals surface area contributed by atoms with Crippen LogP contribution in [0.2, 0.25) is 0 Å². The number of fused-ring (bicyclic) bond motifs is 2. The molecule has 3 aromatic heterocycles. The summed E-state index contributed by atoms with van der Waals surface area (Å²) in [6.45, 7) is 14.7. The topological polar surface area (TPSA) is 64.1 Å². The van der Waals surface area contributed by atoms with E-state index in [-0.39, 0.29) is 28.7 Å². The van der Waals surface area contributed by atoms with Gasteiger partial charge in [0.05, 0.1) is 39.6 Å². The molecule has 0 bridgehead atoms. The highest BCUT2D eigenvalue weighted by molar-refractivity contribution is 6.00. The molecule has 8 aromatic rings. The van der Waals surface area contributed by atoms with Crippen LogP contribution in [0.5, 0.6) is 5.75 Å². The molecule has 0 aliphatic rings. The molecular weight excluding hydrogens is 713 g/mol. The number of rotatable bonds is 9. The molecule has 0 radical (unpaired) electrons. The number of hydrogen-bond acceptors (Lipinski definition) is 4. The fourth-order valence-corrected chi connectivity index (χ4v) is 7.81. The maximum absolute atomic E-state index is 15.0. The summed E-state index contributed by atoms with van der Waals surface area (Å²) < 4.78 is 55.5. The van der Waals surface area contributed by atoms with E-state index >= 15 is 8.78 Å². The summed E-state index contributed by atoms with van der Waals surface area (Å²) in [6, 6.07) is 34.5. The highest BCUT2D eigenvalue weighted by Gasteiger charge is 2.28. The number of furan rings is 1. The van der Waals surface area contributed by atoms with Gasteiger partial charge in [0.25, 0.3) is 0 Å². The van der Waals surface area contributed by atoms with Crippen LogP contribution in [0.25, 0.3) is 72.6 Å². The van der Waals surface area contributed by atoms with Crippen LogP contribution in [0.3, 0.4) is 0 Å². The Labute approximate surface area is 335 Å². The number of phenolic OH excluding ortho intramolecular Hbond substituents is 1. The number of halogens is 2. The summed E-state index contributed by atoms with van der Waals surface area (Å²) in [5.74, 6) is 0.509. The first-order chi connectivity index (χ1) is 28.1. The van der Waals surface area contributed by atoms with Crippen molar-refractivity contribution in [1.82, 2.24) is 14.5 Å². The lowest BCUT2D eigenvalue weighted by atomic mass is 9.82. The number of para-hydroxylation sites is 1. The van der Waals surface area contributed by atoms with Crippen molar-refractivity contribution in [3.05, 3.63) is 144 Å². The van der Waals surface area contributed by atoms with Crippen molar-refractivity contribution in [3.8, 4) is 56.3 Å². The van der Waals surface area contributed by atoms with Gasteiger partial charge in [-0.15, -0.1) is 0 Å². The maximum Gasteiger partial charge on any atom is 0.242 e. The van der Waals surface area contributed by atoms with Crippen LogP contribution < -0.4 is 0 Å². The molecule has 8 rings (SSSR count). The summed E-state index contributed by atoms with van der Waals surface area (Å²) in [5.41, 5.74) is 9.31. The quantitative estimate of drug-likeness (QED) is 0.159. The first-order valence-corrected chi connectivity index (χ1v) is 19.4.